The predicted molar refractivity (Wildman–Crippen MR) is 104 cm³/mol. The molecule has 0 radical (unpaired) electrons. The van der Waals surface area contributed by atoms with Crippen molar-refractivity contribution in [1.29, 1.82) is 0 Å². The van der Waals surface area contributed by atoms with Crippen LogP contribution in [-0.4, -0.2) is 37.6 Å². The van der Waals surface area contributed by atoms with Crippen molar-refractivity contribution < 1.29 is 14.4 Å². The van der Waals surface area contributed by atoms with Gasteiger partial charge in [-0.2, -0.15) is 0 Å². The number of amidine groups is 1. The lowest BCUT2D eigenvalue weighted by Gasteiger charge is -2.23. The van der Waals surface area contributed by atoms with Crippen molar-refractivity contribution in [2.24, 2.45) is 4.99 Å². The molecule has 1 aliphatic rings. The molecule has 1 atom stereocenters. The topological polar surface area (TPSA) is 72.0 Å². The summed E-state index contributed by atoms with van der Waals surface area (Å²) in [5, 5.41) is 4.39. The van der Waals surface area contributed by atoms with E-state index in [9.17, 15) is 4.79 Å². The maximum atomic E-state index is 12.1. The molecular weight excluding hydrogens is 350 g/mol. The summed E-state index contributed by atoms with van der Waals surface area (Å²) < 4.78 is 5.54. The number of aliphatic imine (C=N–C) groups is 1. The average Bonchev–Trinajstić information content (AvgIpc) is 3.20. The number of methoxy groups -OCH3 is 1. The molecule has 3 rings (SSSR count). The Kier molecular flexibility index (Phi) is 6.14. The fraction of sp³-hybridized carbons (Fsp3) is 0.263. The van der Waals surface area contributed by atoms with Crippen molar-refractivity contribution in [1.82, 2.24) is 10.8 Å². The van der Waals surface area contributed by atoms with E-state index in [-0.39, 0.29) is 11.9 Å². The van der Waals surface area contributed by atoms with Gasteiger partial charge in [-0.25, -0.2) is 5.48 Å². The van der Waals surface area contributed by atoms with E-state index in [1.807, 2.05) is 42.5 Å². The van der Waals surface area contributed by atoms with Crippen molar-refractivity contribution in [3.8, 4) is 5.75 Å². The standard InChI is InChI=1S/C19H21N3O3S/c1-24-16-9-4-3-8-15(16)17(21-19-20-10-11-26-19)13-6-5-7-14(12-13)18(23)22-25-2/h3-9,12,17H,10-11H2,1-2H3,(H,20,21)(H,22,23). The lowest BCUT2D eigenvalue weighted by atomic mass is 9.96. The van der Waals surface area contributed by atoms with Crippen molar-refractivity contribution in [2.45, 2.75) is 6.04 Å². The molecule has 7 heteroatoms. The molecule has 2 N–H and O–H groups in total. The first-order valence-electron chi connectivity index (χ1n) is 8.23. The third-order valence-electron chi connectivity index (χ3n) is 3.98. The Balaban J connectivity index is 2.00. The second-order valence-electron chi connectivity index (χ2n) is 5.62. The van der Waals surface area contributed by atoms with E-state index >= 15 is 0 Å². The number of hydrogen-bond acceptors (Lipinski definition) is 6. The molecule has 0 saturated heterocycles. The molecule has 1 amide bonds. The number of para-hydroxylation sites is 1. The van der Waals surface area contributed by atoms with Gasteiger partial charge in [0, 0.05) is 16.9 Å². The molecule has 0 aliphatic carbocycles. The van der Waals surface area contributed by atoms with E-state index in [1.54, 1.807) is 24.9 Å². The fourth-order valence-electron chi connectivity index (χ4n) is 2.80. The van der Waals surface area contributed by atoms with Gasteiger partial charge in [0.25, 0.3) is 5.91 Å². The number of benzene rings is 2. The van der Waals surface area contributed by atoms with Gasteiger partial charge in [-0.3, -0.25) is 14.6 Å². The molecule has 26 heavy (non-hydrogen) atoms. The number of thioether (sulfide) groups is 1. The maximum absolute atomic E-state index is 12.1. The first-order chi connectivity index (χ1) is 12.7. The third-order valence-corrected chi connectivity index (χ3v) is 4.89. The van der Waals surface area contributed by atoms with Gasteiger partial charge < -0.3 is 10.1 Å². The van der Waals surface area contributed by atoms with Crippen LogP contribution in [0.4, 0.5) is 0 Å². The average molecular weight is 371 g/mol. The first kappa shape index (κ1) is 18.3. The Morgan fingerprint density at radius 2 is 2.04 bits per heavy atom. The van der Waals surface area contributed by atoms with E-state index in [2.05, 4.69) is 15.8 Å². The molecule has 2 aromatic rings. The van der Waals surface area contributed by atoms with Crippen LogP contribution in [0, 0.1) is 0 Å². The van der Waals surface area contributed by atoms with E-state index in [0.29, 0.717) is 5.56 Å². The summed E-state index contributed by atoms with van der Waals surface area (Å²) >= 11 is 1.69. The zero-order valence-electron chi connectivity index (χ0n) is 14.7. The van der Waals surface area contributed by atoms with Crippen molar-refractivity contribution in [3.05, 3.63) is 65.2 Å². The number of nitrogens with one attached hydrogen (secondary N) is 2. The number of carbonyl (C=O) groups is 1. The SMILES string of the molecule is CONC(=O)c1cccc(C(NC2=NCCS2)c2ccccc2OC)c1. The fourth-order valence-corrected chi connectivity index (χ4v) is 3.56. The molecule has 1 aliphatic heterocycles. The molecule has 1 heterocycles. The van der Waals surface area contributed by atoms with Gasteiger partial charge in [-0.05, 0) is 23.8 Å². The number of nitrogens with zero attached hydrogens (tertiary/aromatic N) is 1. The summed E-state index contributed by atoms with van der Waals surface area (Å²) in [6.45, 7) is 0.807. The quantitative estimate of drug-likeness (QED) is 0.764. The highest BCUT2D eigenvalue weighted by atomic mass is 32.2. The Hall–Kier alpha value is -2.51. The largest absolute Gasteiger partial charge is 0.496 e. The van der Waals surface area contributed by atoms with Crippen LogP contribution >= 0.6 is 11.8 Å². The second kappa shape index (κ2) is 8.73. The van der Waals surface area contributed by atoms with E-state index in [4.69, 9.17) is 9.57 Å². The first-order valence-corrected chi connectivity index (χ1v) is 9.21. The Labute approximate surface area is 156 Å². The minimum Gasteiger partial charge on any atom is -0.496 e. The van der Waals surface area contributed by atoms with Crippen LogP contribution in [0.1, 0.15) is 27.5 Å². The molecule has 0 bridgehead atoms. The molecule has 0 fully saturated rings. The monoisotopic (exact) mass is 371 g/mol. The van der Waals surface area contributed by atoms with Crippen LogP contribution in [-0.2, 0) is 4.84 Å². The van der Waals surface area contributed by atoms with Crippen molar-refractivity contribution in [2.75, 3.05) is 26.5 Å². The number of rotatable bonds is 6. The summed E-state index contributed by atoms with van der Waals surface area (Å²) in [6, 6.07) is 15.1. The summed E-state index contributed by atoms with van der Waals surface area (Å²) in [5.41, 5.74) is 4.79. The smallest absolute Gasteiger partial charge is 0.274 e. The zero-order valence-corrected chi connectivity index (χ0v) is 15.5. The van der Waals surface area contributed by atoms with Crippen LogP contribution in [0.2, 0.25) is 0 Å². The highest BCUT2D eigenvalue weighted by Gasteiger charge is 2.22. The van der Waals surface area contributed by atoms with Gasteiger partial charge in [0.2, 0.25) is 0 Å². The zero-order chi connectivity index (χ0) is 18.4. The van der Waals surface area contributed by atoms with Crippen molar-refractivity contribution in [3.63, 3.8) is 0 Å². The van der Waals surface area contributed by atoms with Gasteiger partial charge in [0.1, 0.15) is 5.75 Å². The van der Waals surface area contributed by atoms with Crippen LogP contribution in [0.5, 0.6) is 5.75 Å². The van der Waals surface area contributed by atoms with E-state index in [1.165, 1.54) is 7.11 Å². The van der Waals surface area contributed by atoms with Crippen LogP contribution in [0.15, 0.2) is 53.5 Å². The Morgan fingerprint density at radius 3 is 2.77 bits per heavy atom. The van der Waals surface area contributed by atoms with Gasteiger partial charge in [-0.1, -0.05) is 42.1 Å². The van der Waals surface area contributed by atoms with Gasteiger partial charge in [-0.15, -0.1) is 0 Å². The van der Waals surface area contributed by atoms with Gasteiger partial charge in [0.15, 0.2) is 5.17 Å². The number of hydrogen-bond donors (Lipinski definition) is 2. The van der Waals surface area contributed by atoms with Gasteiger partial charge in [0.05, 0.1) is 26.8 Å². The number of carbonyl (C=O) groups excluding carboxylic acids is 1. The lowest BCUT2D eigenvalue weighted by molar-refractivity contribution is 0.0537. The maximum Gasteiger partial charge on any atom is 0.274 e. The molecule has 6 nitrogen and oxygen atoms in total. The Bertz CT molecular complexity index is 810. The molecular formula is C19H21N3O3S. The number of ether oxygens (including phenoxy) is 1. The highest BCUT2D eigenvalue weighted by molar-refractivity contribution is 8.14. The molecule has 1 unspecified atom stereocenters. The van der Waals surface area contributed by atoms with Crippen LogP contribution < -0.4 is 15.5 Å². The second-order valence-corrected chi connectivity index (χ2v) is 6.70. The summed E-state index contributed by atoms with van der Waals surface area (Å²) in [6.07, 6.45) is 0. The van der Waals surface area contributed by atoms with Crippen molar-refractivity contribution >= 4 is 22.8 Å². The highest BCUT2D eigenvalue weighted by Crippen LogP contribution is 2.31. The Morgan fingerprint density at radius 1 is 1.19 bits per heavy atom. The van der Waals surface area contributed by atoms with Gasteiger partial charge >= 0.3 is 0 Å². The van der Waals surface area contributed by atoms with E-state index in [0.717, 1.165) is 34.3 Å². The minimum absolute atomic E-state index is 0.189. The number of amides is 1. The summed E-state index contributed by atoms with van der Waals surface area (Å²) in [5.74, 6) is 1.46. The third kappa shape index (κ3) is 4.17. The number of hydroxylamine groups is 1. The summed E-state index contributed by atoms with van der Waals surface area (Å²) in [4.78, 5) is 21.3. The summed E-state index contributed by atoms with van der Waals surface area (Å²) in [7, 11) is 3.07. The molecule has 0 aromatic heterocycles. The van der Waals surface area contributed by atoms with Crippen LogP contribution in [0.3, 0.4) is 0 Å². The predicted octanol–water partition coefficient (Wildman–Crippen LogP) is 2.77. The normalized spacial score (nSPS) is 14.5. The molecule has 136 valence electrons. The molecule has 0 spiro atoms. The molecule has 0 saturated carbocycles. The van der Waals surface area contributed by atoms with E-state index < -0.39 is 0 Å². The minimum atomic E-state index is -0.291. The lowest BCUT2D eigenvalue weighted by Crippen LogP contribution is -2.27. The van der Waals surface area contributed by atoms with Crippen LogP contribution in [0.25, 0.3) is 0 Å². The molecule has 2 aromatic carbocycles.